The minimum Gasteiger partial charge on any atom is -0.345 e. The molecule has 0 atom stereocenters. The topological polar surface area (TPSA) is 70.7 Å². The summed E-state index contributed by atoms with van der Waals surface area (Å²) in [4.78, 5) is 24.0. The average molecular weight is 302 g/mol. The van der Waals surface area contributed by atoms with Gasteiger partial charge in [0.05, 0.1) is 22.9 Å². The quantitative estimate of drug-likeness (QED) is 0.593. The SMILES string of the molecule is Cc1ccc2cc(NC(=O)c3ccc4nc[nH]c4c3)ccc2n1. The van der Waals surface area contributed by atoms with E-state index in [0.29, 0.717) is 5.56 Å². The van der Waals surface area contributed by atoms with Crippen LogP contribution in [0.5, 0.6) is 0 Å². The predicted molar refractivity (Wildman–Crippen MR) is 90.5 cm³/mol. The Bertz CT molecular complexity index is 1040. The van der Waals surface area contributed by atoms with E-state index in [2.05, 4.69) is 20.3 Å². The first kappa shape index (κ1) is 13.5. The van der Waals surface area contributed by atoms with Gasteiger partial charge in [0, 0.05) is 22.3 Å². The van der Waals surface area contributed by atoms with Gasteiger partial charge in [-0.25, -0.2) is 4.98 Å². The Morgan fingerprint density at radius 1 is 1.04 bits per heavy atom. The number of pyridine rings is 1. The molecule has 2 aromatic heterocycles. The second-order valence-electron chi connectivity index (χ2n) is 5.45. The van der Waals surface area contributed by atoms with Gasteiger partial charge in [0.2, 0.25) is 0 Å². The largest absolute Gasteiger partial charge is 0.345 e. The number of nitrogens with zero attached hydrogens (tertiary/aromatic N) is 2. The van der Waals surface area contributed by atoms with Gasteiger partial charge in [-0.2, -0.15) is 0 Å². The smallest absolute Gasteiger partial charge is 0.255 e. The molecule has 1 amide bonds. The number of hydrogen-bond acceptors (Lipinski definition) is 3. The summed E-state index contributed by atoms with van der Waals surface area (Å²) in [6.45, 7) is 1.96. The van der Waals surface area contributed by atoms with Crippen molar-refractivity contribution in [2.24, 2.45) is 0 Å². The number of aryl methyl sites for hydroxylation is 1. The van der Waals surface area contributed by atoms with Crippen molar-refractivity contribution in [2.75, 3.05) is 5.32 Å². The number of anilines is 1. The number of imidazole rings is 1. The highest BCUT2D eigenvalue weighted by Crippen LogP contribution is 2.19. The van der Waals surface area contributed by atoms with Gasteiger partial charge >= 0.3 is 0 Å². The maximum atomic E-state index is 12.4. The van der Waals surface area contributed by atoms with Crippen molar-refractivity contribution in [1.29, 1.82) is 0 Å². The highest BCUT2D eigenvalue weighted by Gasteiger charge is 2.08. The van der Waals surface area contributed by atoms with Crippen LogP contribution in [-0.4, -0.2) is 20.9 Å². The fourth-order valence-corrected chi connectivity index (χ4v) is 2.59. The number of hydrogen-bond donors (Lipinski definition) is 2. The number of carbonyl (C=O) groups is 1. The van der Waals surface area contributed by atoms with Crippen molar-refractivity contribution in [1.82, 2.24) is 15.0 Å². The third-order valence-electron chi connectivity index (χ3n) is 3.77. The third kappa shape index (κ3) is 2.53. The molecular formula is C18H14N4O. The van der Waals surface area contributed by atoms with Crippen molar-refractivity contribution in [3.05, 3.63) is 66.1 Å². The Balaban J connectivity index is 1.63. The van der Waals surface area contributed by atoms with Crippen LogP contribution in [0, 0.1) is 6.92 Å². The van der Waals surface area contributed by atoms with Crippen LogP contribution in [0.3, 0.4) is 0 Å². The fraction of sp³-hybridized carbons (Fsp3) is 0.0556. The summed E-state index contributed by atoms with van der Waals surface area (Å²) in [5, 5.41) is 3.92. The summed E-state index contributed by atoms with van der Waals surface area (Å²) in [6, 6.07) is 15.1. The summed E-state index contributed by atoms with van der Waals surface area (Å²) < 4.78 is 0. The molecule has 112 valence electrons. The number of H-pyrrole nitrogens is 1. The van der Waals surface area contributed by atoms with E-state index in [1.807, 2.05) is 43.3 Å². The van der Waals surface area contributed by atoms with E-state index in [9.17, 15) is 4.79 Å². The molecule has 0 spiro atoms. The summed E-state index contributed by atoms with van der Waals surface area (Å²) in [6.07, 6.45) is 1.62. The number of carbonyl (C=O) groups excluding carboxylic acids is 1. The van der Waals surface area contributed by atoms with Gasteiger partial charge in [-0.1, -0.05) is 6.07 Å². The first-order valence-electron chi connectivity index (χ1n) is 7.31. The first-order valence-corrected chi connectivity index (χ1v) is 7.31. The van der Waals surface area contributed by atoms with E-state index in [1.165, 1.54) is 0 Å². The number of benzene rings is 2. The van der Waals surface area contributed by atoms with Crippen molar-refractivity contribution in [3.8, 4) is 0 Å². The lowest BCUT2D eigenvalue weighted by Crippen LogP contribution is -2.11. The Kier molecular flexibility index (Phi) is 3.05. The maximum absolute atomic E-state index is 12.4. The maximum Gasteiger partial charge on any atom is 0.255 e. The Labute approximate surface area is 132 Å². The molecule has 0 aliphatic rings. The van der Waals surface area contributed by atoms with Crippen LogP contribution >= 0.6 is 0 Å². The summed E-state index contributed by atoms with van der Waals surface area (Å²) in [7, 11) is 0. The molecule has 0 saturated carbocycles. The molecule has 2 heterocycles. The number of aromatic amines is 1. The number of aromatic nitrogens is 3. The Morgan fingerprint density at radius 2 is 1.91 bits per heavy atom. The second kappa shape index (κ2) is 5.21. The molecule has 0 saturated heterocycles. The molecule has 2 aromatic carbocycles. The molecule has 0 aliphatic carbocycles. The predicted octanol–water partition coefficient (Wildman–Crippen LogP) is 3.67. The molecule has 2 N–H and O–H groups in total. The first-order chi connectivity index (χ1) is 11.2. The molecule has 5 heteroatoms. The molecule has 0 radical (unpaired) electrons. The lowest BCUT2D eigenvalue weighted by molar-refractivity contribution is 0.102. The molecule has 5 nitrogen and oxygen atoms in total. The molecule has 0 bridgehead atoms. The zero-order valence-electron chi connectivity index (χ0n) is 12.5. The Morgan fingerprint density at radius 3 is 2.83 bits per heavy atom. The van der Waals surface area contributed by atoms with E-state index in [1.54, 1.807) is 18.5 Å². The van der Waals surface area contributed by atoms with E-state index < -0.39 is 0 Å². The molecule has 4 rings (SSSR count). The van der Waals surface area contributed by atoms with Gasteiger partial charge < -0.3 is 10.3 Å². The van der Waals surface area contributed by atoms with Crippen molar-refractivity contribution < 1.29 is 4.79 Å². The highest BCUT2D eigenvalue weighted by atomic mass is 16.1. The van der Waals surface area contributed by atoms with Gasteiger partial charge in [0.1, 0.15) is 0 Å². The average Bonchev–Trinajstić information content (AvgIpc) is 3.02. The Hall–Kier alpha value is -3.21. The molecule has 0 fully saturated rings. The monoisotopic (exact) mass is 302 g/mol. The van der Waals surface area contributed by atoms with E-state index >= 15 is 0 Å². The van der Waals surface area contributed by atoms with Crippen LogP contribution in [0.25, 0.3) is 21.9 Å². The van der Waals surface area contributed by atoms with E-state index in [4.69, 9.17) is 0 Å². The summed E-state index contributed by atoms with van der Waals surface area (Å²) >= 11 is 0. The lowest BCUT2D eigenvalue weighted by atomic mass is 10.1. The van der Waals surface area contributed by atoms with Gasteiger partial charge in [-0.15, -0.1) is 0 Å². The molecule has 23 heavy (non-hydrogen) atoms. The number of nitrogens with one attached hydrogen (secondary N) is 2. The minimum absolute atomic E-state index is 0.152. The van der Waals surface area contributed by atoms with Gasteiger partial charge in [-0.3, -0.25) is 9.78 Å². The number of fused-ring (bicyclic) bond motifs is 2. The van der Waals surface area contributed by atoms with Crippen LogP contribution in [0.15, 0.2) is 54.9 Å². The lowest BCUT2D eigenvalue weighted by Gasteiger charge is -2.07. The summed E-state index contributed by atoms with van der Waals surface area (Å²) in [5.74, 6) is -0.152. The van der Waals surface area contributed by atoms with Crippen molar-refractivity contribution >= 4 is 33.5 Å². The van der Waals surface area contributed by atoms with E-state index in [-0.39, 0.29) is 5.91 Å². The minimum atomic E-state index is -0.152. The normalized spacial score (nSPS) is 11.0. The van der Waals surface area contributed by atoms with Crippen molar-refractivity contribution in [2.45, 2.75) is 6.92 Å². The van der Waals surface area contributed by atoms with Crippen LogP contribution in [0.4, 0.5) is 5.69 Å². The van der Waals surface area contributed by atoms with Crippen LogP contribution in [0.1, 0.15) is 16.1 Å². The van der Waals surface area contributed by atoms with Crippen LogP contribution < -0.4 is 5.32 Å². The third-order valence-corrected chi connectivity index (χ3v) is 3.77. The standard InChI is InChI=1S/C18H14N4O/c1-11-2-3-12-8-14(5-7-15(12)21-11)22-18(23)13-4-6-16-17(9-13)20-10-19-16/h2-10H,1H3,(H,19,20)(H,22,23). The number of amides is 1. The van der Waals surface area contributed by atoms with Gasteiger partial charge in [0.25, 0.3) is 5.91 Å². The second-order valence-corrected chi connectivity index (χ2v) is 5.45. The molecule has 0 unspecified atom stereocenters. The fourth-order valence-electron chi connectivity index (χ4n) is 2.59. The molecule has 4 aromatic rings. The van der Waals surface area contributed by atoms with Gasteiger partial charge in [0.15, 0.2) is 0 Å². The van der Waals surface area contributed by atoms with Crippen molar-refractivity contribution in [3.63, 3.8) is 0 Å². The van der Waals surface area contributed by atoms with E-state index in [0.717, 1.165) is 33.3 Å². The molecule has 0 aliphatic heterocycles. The highest BCUT2D eigenvalue weighted by molar-refractivity contribution is 6.06. The van der Waals surface area contributed by atoms with Gasteiger partial charge in [-0.05, 0) is 49.4 Å². The summed E-state index contributed by atoms with van der Waals surface area (Å²) in [5.41, 5.74) is 4.91. The zero-order chi connectivity index (χ0) is 15.8. The number of rotatable bonds is 2. The van der Waals surface area contributed by atoms with Crippen LogP contribution in [0.2, 0.25) is 0 Å². The zero-order valence-corrected chi connectivity index (χ0v) is 12.5. The van der Waals surface area contributed by atoms with Crippen LogP contribution in [-0.2, 0) is 0 Å². The molecular weight excluding hydrogens is 288 g/mol.